The predicted molar refractivity (Wildman–Crippen MR) is 113 cm³/mol. The average Bonchev–Trinajstić information content (AvgIpc) is 2.79. The van der Waals surface area contributed by atoms with Crippen LogP contribution in [0, 0.1) is 11.3 Å². The van der Waals surface area contributed by atoms with Crippen molar-refractivity contribution >= 4 is 16.9 Å². The van der Waals surface area contributed by atoms with Crippen molar-refractivity contribution < 1.29 is 4.74 Å². The van der Waals surface area contributed by atoms with E-state index in [9.17, 15) is 0 Å². The molecule has 1 atom stereocenters. The highest BCUT2D eigenvalue weighted by Crippen LogP contribution is 2.26. The number of hydrogen-bond acceptors (Lipinski definition) is 8. The zero-order valence-corrected chi connectivity index (χ0v) is 16.4. The van der Waals surface area contributed by atoms with Crippen LogP contribution in [0.15, 0.2) is 61.2 Å². The summed E-state index contributed by atoms with van der Waals surface area (Å²) in [4.78, 5) is 21.6. The van der Waals surface area contributed by atoms with Crippen molar-refractivity contribution in [2.45, 2.75) is 19.4 Å². The van der Waals surface area contributed by atoms with Gasteiger partial charge in [0.15, 0.2) is 0 Å². The topological polar surface area (TPSA) is 110 Å². The Balaban J connectivity index is 1.38. The summed E-state index contributed by atoms with van der Waals surface area (Å²) < 4.78 is 6.02. The fourth-order valence-corrected chi connectivity index (χ4v) is 2.90. The van der Waals surface area contributed by atoms with Gasteiger partial charge < -0.3 is 10.1 Å². The van der Waals surface area contributed by atoms with Gasteiger partial charge in [0.1, 0.15) is 17.5 Å². The molecule has 148 valence electrons. The quantitative estimate of drug-likeness (QED) is 0.503. The predicted octanol–water partition coefficient (Wildman–Crippen LogP) is 3.62. The van der Waals surface area contributed by atoms with Crippen LogP contribution < -0.4 is 10.1 Å². The molecule has 0 aliphatic rings. The van der Waals surface area contributed by atoms with Crippen molar-refractivity contribution in [2.24, 2.45) is 0 Å². The first-order valence-corrected chi connectivity index (χ1v) is 9.53. The normalized spacial score (nSPS) is 11.6. The maximum absolute atomic E-state index is 8.91. The molecule has 4 aromatic rings. The second-order valence-electron chi connectivity index (χ2n) is 6.65. The summed E-state index contributed by atoms with van der Waals surface area (Å²) in [5.74, 6) is 1.02. The van der Waals surface area contributed by atoms with Crippen LogP contribution in [0.4, 0.5) is 5.95 Å². The smallest absolute Gasteiger partial charge is 0.240 e. The first-order valence-electron chi connectivity index (χ1n) is 9.53. The summed E-state index contributed by atoms with van der Waals surface area (Å²) in [6.45, 7) is 2.62. The van der Waals surface area contributed by atoms with Gasteiger partial charge in [0.2, 0.25) is 11.8 Å². The maximum atomic E-state index is 8.91. The van der Waals surface area contributed by atoms with Crippen molar-refractivity contribution in [3.63, 3.8) is 0 Å². The third-order valence-corrected chi connectivity index (χ3v) is 4.45. The molecule has 8 nitrogen and oxygen atoms in total. The molecule has 0 spiro atoms. The third-order valence-electron chi connectivity index (χ3n) is 4.45. The summed E-state index contributed by atoms with van der Waals surface area (Å²) in [6, 6.07) is 13.3. The number of anilines is 1. The van der Waals surface area contributed by atoms with Crippen molar-refractivity contribution in [3.05, 3.63) is 66.9 Å². The Kier molecular flexibility index (Phi) is 5.71. The number of pyridine rings is 1. The molecular weight excluding hydrogens is 378 g/mol. The highest BCUT2D eigenvalue weighted by atomic mass is 16.5. The molecule has 0 fully saturated rings. The molecule has 1 aromatic carbocycles. The van der Waals surface area contributed by atoms with Crippen molar-refractivity contribution in [1.82, 2.24) is 24.9 Å². The van der Waals surface area contributed by atoms with Crippen LogP contribution in [0.25, 0.3) is 22.2 Å². The lowest BCUT2D eigenvalue weighted by molar-refractivity contribution is 0.207. The molecule has 30 heavy (non-hydrogen) atoms. The van der Waals surface area contributed by atoms with Crippen LogP contribution in [-0.2, 0) is 0 Å². The SMILES string of the molecule is CC(CCNc1ncc2ccccc2n1)Oc1nccnc1-c1ccc(C#N)nc1. The van der Waals surface area contributed by atoms with Crippen LogP contribution in [0.5, 0.6) is 5.88 Å². The third kappa shape index (κ3) is 4.47. The van der Waals surface area contributed by atoms with Gasteiger partial charge in [0.05, 0.1) is 11.6 Å². The molecule has 3 heterocycles. The fraction of sp³-hybridized carbons (Fsp3) is 0.182. The van der Waals surface area contributed by atoms with Crippen molar-refractivity contribution in [2.75, 3.05) is 11.9 Å². The van der Waals surface area contributed by atoms with Crippen LogP contribution in [-0.4, -0.2) is 37.6 Å². The molecule has 1 unspecified atom stereocenters. The van der Waals surface area contributed by atoms with Gasteiger partial charge in [-0.05, 0) is 25.1 Å². The van der Waals surface area contributed by atoms with Crippen LogP contribution in [0.1, 0.15) is 19.0 Å². The first-order chi connectivity index (χ1) is 14.7. The van der Waals surface area contributed by atoms with Gasteiger partial charge in [-0.15, -0.1) is 0 Å². The van der Waals surface area contributed by atoms with E-state index in [0.717, 1.165) is 22.9 Å². The molecule has 4 rings (SSSR count). The monoisotopic (exact) mass is 397 g/mol. The molecule has 0 bridgehead atoms. The zero-order valence-electron chi connectivity index (χ0n) is 16.4. The van der Waals surface area contributed by atoms with Gasteiger partial charge in [0, 0.05) is 48.7 Å². The highest BCUT2D eigenvalue weighted by Gasteiger charge is 2.13. The lowest BCUT2D eigenvalue weighted by Crippen LogP contribution is -2.18. The van der Waals surface area contributed by atoms with E-state index in [1.54, 1.807) is 30.7 Å². The Morgan fingerprint density at radius 1 is 1.03 bits per heavy atom. The molecule has 0 saturated carbocycles. The number of para-hydroxylation sites is 1. The highest BCUT2D eigenvalue weighted by molar-refractivity contribution is 5.78. The van der Waals surface area contributed by atoms with E-state index in [1.165, 1.54) is 0 Å². The number of benzene rings is 1. The minimum Gasteiger partial charge on any atom is -0.473 e. The number of fused-ring (bicyclic) bond motifs is 1. The Morgan fingerprint density at radius 3 is 2.73 bits per heavy atom. The lowest BCUT2D eigenvalue weighted by atomic mass is 10.2. The Morgan fingerprint density at radius 2 is 1.90 bits per heavy atom. The lowest BCUT2D eigenvalue weighted by Gasteiger charge is -2.16. The van der Waals surface area contributed by atoms with Crippen LogP contribution >= 0.6 is 0 Å². The van der Waals surface area contributed by atoms with Crippen LogP contribution in [0.3, 0.4) is 0 Å². The maximum Gasteiger partial charge on any atom is 0.240 e. The number of rotatable bonds is 7. The Labute approximate surface area is 173 Å². The number of nitrogens with one attached hydrogen (secondary N) is 1. The molecule has 0 aliphatic carbocycles. The van der Waals surface area contributed by atoms with Crippen LogP contribution in [0.2, 0.25) is 0 Å². The van der Waals surface area contributed by atoms with E-state index in [0.29, 0.717) is 29.8 Å². The molecular formula is C22H19N7O. The van der Waals surface area contributed by atoms with E-state index >= 15 is 0 Å². The Bertz CT molecular complexity index is 1190. The van der Waals surface area contributed by atoms with Crippen molar-refractivity contribution in [3.8, 4) is 23.2 Å². The van der Waals surface area contributed by atoms with E-state index in [1.807, 2.05) is 43.5 Å². The van der Waals surface area contributed by atoms with Gasteiger partial charge in [-0.25, -0.2) is 24.9 Å². The van der Waals surface area contributed by atoms with E-state index < -0.39 is 0 Å². The average molecular weight is 397 g/mol. The molecule has 1 N–H and O–H groups in total. The molecule has 8 heteroatoms. The van der Waals surface area contributed by atoms with E-state index in [4.69, 9.17) is 10.00 Å². The number of nitrogens with zero attached hydrogens (tertiary/aromatic N) is 6. The summed E-state index contributed by atoms with van der Waals surface area (Å²) in [5.41, 5.74) is 2.58. The second kappa shape index (κ2) is 8.92. The van der Waals surface area contributed by atoms with Gasteiger partial charge in [-0.1, -0.05) is 18.2 Å². The summed E-state index contributed by atoms with van der Waals surface area (Å²) >= 11 is 0. The number of aromatic nitrogens is 5. The second-order valence-corrected chi connectivity index (χ2v) is 6.65. The standard InChI is InChI=1S/C22H19N7O/c1-15(8-9-26-22-28-13-16-4-2-3-5-19(16)29-22)30-21-20(24-10-11-25-21)17-6-7-18(12-23)27-14-17/h2-7,10-11,13-15H,8-9H2,1H3,(H,26,28,29). The first kappa shape index (κ1) is 19.2. The fourth-order valence-electron chi connectivity index (χ4n) is 2.90. The molecule has 0 aliphatic heterocycles. The van der Waals surface area contributed by atoms with E-state index in [2.05, 4.69) is 30.2 Å². The van der Waals surface area contributed by atoms with Gasteiger partial charge in [0.25, 0.3) is 0 Å². The largest absolute Gasteiger partial charge is 0.473 e. The summed E-state index contributed by atoms with van der Waals surface area (Å²) in [7, 11) is 0. The van der Waals surface area contributed by atoms with Crippen molar-refractivity contribution in [1.29, 1.82) is 5.26 Å². The number of ether oxygens (including phenoxy) is 1. The van der Waals surface area contributed by atoms with Gasteiger partial charge in [-0.3, -0.25) is 0 Å². The number of hydrogen-bond donors (Lipinski definition) is 1. The number of nitriles is 1. The molecule has 0 amide bonds. The van der Waals surface area contributed by atoms with Gasteiger partial charge in [-0.2, -0.15) is 5.26 Å². The molecule has 0 saturated heterocycles. The van der Waals surface area contributed by atoms with E-state index in [-0.39, 0.29) is 6.10 Å². The summed E-state index contributed by atoms with van der Waals surface area (Å²) in [5, 5.41) is 13.1. The Hall–Kier alpha value is -4.12. The van der Waals surface area contributed by atoms with Gasteiger partial charge >= 0.3 is 0 Å². The summed E-state index contributed by atoms with van der Waals surface area (Å²) in [6.07, 6.45) is 7.20. The zero-order chi connectivity index (χ0) is 20.8. The molecule has 0 radical (unpaired) electrons. The minimum absolute atomic E-state index is 0.111. The minimum atomic E-state index is -0.111. The molecule has 3 aromatic heterocycles.